The van der Waals surface area contributed by atoms with E-state index in [2.05, 4.69) is 5.32 Å². The van der Waals surface area contributed by atoms with Gasteiger partial charge >= 0.3 is 0 Å². The molecule has 1 aromatic rings. The third kappa shape index (κ3) is 4.94. The largest absolute Gasteiger partial charge is 0.392 e. The van der Waals surface area contributed by atoms with Crippen LogP contribution in [0.3, 0.4) is 0 Å². The van der Waals surface area contributed by atoms with Crippen molar-refractivity contribution in [2.24, 2.45) is 0 Å². The maximum absolute atomic E-state index is 13.2. The van der Waals surface area contributed by atoms with Gasteiger partial charge in [-0.3, -0.25) is 4.79 Å². The Balaban J connectivity index is 2.67. The number of halogens is 1. The number of hydrogen-bond acceptors (Lipinski definition) is 4. The molecule has 1 aromatic carbocycles. The highest BCUT2D eigenvalue weighted by atomic mass is 19.1. The van der Waals surface area contributed by atoms with Gasteiger partial charge in [-0.2, -0.15) is 0 Å². The molecule has 0 saturated carbocycles. The van der Waals surface area contributed by atoms with Crippen molar-refractivity contribution in [3.05, 3.63) is 35.1 Å². The summed E-state index contributed by atoms with van der Waals surface area (Å²) in [5.74, 6) is -0.815. The Labute approximate surface area is 110 Å². The number of carbonyl (C=O) groups excluding carboxylic acids is 1. The highest BCUT2D eigenvalue weighted by Crippen LogP contribution is 2.21. The highest BCUT2D eigenvalue weighted by Gasteiger charge is 2.19. The Bertz CT molecular complexity index is 439. The standard InChI is InChI=1S/C13H18FNO4/c1-8(17)15-3-2-12(18)13(19)10-4-9(7-16)5-11(14)6-10/h4-6,12-13,16,18-19H,2-3,7H2,1H3,(H,15,17). The van der Waals surface area contributed by atoms with Crippen molar-refractivity contribution in [2.45, 2.75) is 32.2 Å². The van der Waals surface area contributed by atoms with Crippen LogP contribution in [-0.2, 0) is 11.4 Å². The number of aliphatic hydroxyl groups is 3. The van der Waals surface area contributed by atoms with Crippen LogP contribution in [0.15, 0.2) is 18.2 Å². The minimum absolute atomic E-state index is 0.145. The molecule has 0 radical (unpaired) electrons. The molecule has 0 aliphatic heterocycles. The van der Waals surface area contributed by atoms with Gasteiger partial charge in [0.15, 0.2) is 0 Å². The molecule has 0 spiro atoms. The zero-order valence-corrected chi connectivity index (χ0v) is 10.6. The van der Waals surface area contributed by atoms with Gasteiger partial charge in [-0.25, -0.2) is 4.39 Å². The van der Waals surface area contributed by atoms with E-state index in [1.807, 2.05) is 0 Å². The van der Waals surface area contributed by atoms with E-state index in [0.717, 1.165) is 12.1 Å². The van der Waals surface area contributed by atoms with E-state index in [1.165, 1.54) is 13.0 Å². The number of aliphatic hydroxyl groups excluding tert-OH is 3. The van der Waals surface area contributed by atoms with E-state index in [9.17, 15) is 19.4 Å². The average Bonchev–Trinajstić information content (AvgIpc) is 2.36. The van der Waals surface area contributed by atoms with E-state index in [4.69, 9.17) is 5.11 Å². The van der Waals surface area contributed by atoms with Gasteiger partial charge in [0.1, 0.15) is 11.9 Å². The first kappa shape index (κ1) is 15.6. The first-order valence-corrected chi connectivity index (χ1v) is 5.95. The normalized spacial score (nSPS) is 13.9. The van der Waals surface area contributed by atoms with Crippen LogP contribution in [0.1, 0.15) is 30.6 Å². The predicted octanol–water partition coefficient (Wildman–Crippen LogP) is 0.239. The maximum Gasteiger partial charge on any atom is 0.216 e. The van der Waals surface area contributed by atoms with Crippen LogP contribution in [0.5, 0.6) is 0 Å². The summed E-state index contributed by atoms with van der Waals surface area (Å²) in [6.45, 7) is 1.22. The molecule has 5 nitrogen and oxygen atoms in total. The lowest BCUT2D eigenvalue weighted by Gasteiger charge is -2.19. The summed E-state index contributed by atoms with van der Waals surface area (Å²) in [6.07, 6.45) is -2.25. The first-order valence-electron chi connectivity index (χ1n) is 5.95. The molecule has 0 bridgehead atoms. The molecule has 19 heavy (non-hydrogen) atoms. The molecule has 0 heterocycles. The minimum Gasteiger partial charge on any atom is -0.392 e. The van der Waals surface area contributed by atoms with Crippen molar-refractivity contribution in [1.29, 1.82) is 0 Å². The summed E-state index contributed by atoms with van der Waals surface area (Å²) in [7, 11) is 0. The Morgan fingerprint density at radius 1 is 1.37 bits per heavy atom. The fourth-order valence-electron chi connectivity index (χ4n) is 1.71. The third-order valence-corrected chi connectivity index (χ3v) is 2.68. The second-order valence-corrected chi connectivity index (χ2v) is 4.33. The van der Waals surface area contributed by atoms with Gasteiger partial charge in [-0.1, -0.05) is 6.07 Å². The number of amides is 1. The molecule has 0 fully saturated rings. The van der Waals surface area contributed by atoms with Crippen molar-refractivity contribution in [1.82, 2.24) is 5.32 Å². The first-order chi connectivity index (χ1) is 8.93. The molecule has 1 amide bonds. The van der Waals surface area contributed by atoms with Crippen LogP contribution in [0.25, 0.3) is 0 Å². The summed E-state index contributed by atoms with van der Waals surface area (Å²) < 4.78 is 13.2. The monoisotopic (exact) mass is 271 g/mol. The molecule has 1 rings (SSSR count). The van der Waals surface area contributed by atoms with Gasteiger partial charge in [0.25, 0.3) is 0 Å². The molecule has 106 valence electrons. The zero-order valence-electron chi connectivity index (χ0n) is 10.6. The van der Waals surface area contributed by atoms with Crippen molar-refractivity contribution in [3.63, 3.8) is 0 Å². The Morgan fingerprint density at radius 3 is 2.63 bits per heavy atom. The van der Waals surface area contributed by atoms with Crippen molar-refractivity contribution >= 4 is 5.91 Å². The van der Waals surface area contributed by atoms with E-state index < -0.39 is 18.0 Å². The molecule has 0 saturated heterocycles. The van der Waals surface area contributed by atoms with Gasteiger partial charge in [-0.15, -0.1) is 0 Å². The highest BCUT2D eigenvalue weighted by molar-refractivity contribution is 5.72. The van der Waals surface area contributed by atoms with Gasteiger partial charge in [0.2, 0.25) is 5.91 Å². The molecule has 0 aliphatic rings. The van der Waals surface area contributed by atoms with Gasteiger partial charge in [0.05, 0.1) is 12.7 Å². The lowest BCUT2D eigenvalue weighted by Crippen LogP contribution is -2.27. The van der Waals surface area contributed by atoms with Gasteiger partial charge < -0.3 is 20.6 Å². The van der Waals surface area contributed by atoms with Crippen LogP contribution < -0.4 is 5.32 Å². The quantitative estimate of drug-likeness (QED) is 0.596. The maximum atomic E-state index is 13.2. The van der Waals surface area contributed by atoms with Crippen LogP contribution >= 0.6 is 0 Å². The molecule has 0 aromatic heterocycles. The molecular weight excluding hydrogens is 253 g/mol. The second kappa shape index (κ2) is 7.18. The van der Waals surface area contributed by atoms with Gasteiger partial charge in [-0.05, 0) is 29.7 Å². The molecule has 4 N–H and O–H groups in total. The van der Waals surface area contributed by atoms with E-state index in [0.29, 0.717) is 5.56 Å². The Hall–Kier alpha value is -1.50. The Morgan fingerprint density at radius 2 is 2.05 bits per heavy atom. The summed E-state index contributed by atoms with van der Waals surface area (Å²) in [4.78, 5) is 10.7. The van der Waals surface area contributed by atoms with Crippen LogP contribution in [0.4, 0.5) is 4.39 Å². The van der Waals surface area contributed by atoms with Crippen molar-refractivity contribution < 1.29 is 24.5 Å². The SMILES string of the molecule is CC(=O)NCCC(O)C(O)c1cc(F)cc(CO)c1. The molecule has 2 atom stereocenters. The number of nitrogens with one attached hydrogen (secondary N) is 1. The summed E-state index contributed by atoms with van der Waals surface area (Å²) in [5, 5.41) is 31.1. The number of hydrogen-bond donors (Lipinski definition) is 4. The van der Waals surface area contributed by atoms with E-state index >= 15 is 0 Å². The number of rotatable bonds is 6. The lowest BCUT2D eigenvalue weighted by atomic mass is 10.00. The molecule has 2 unspecified atom stereocenters. The van der Waals surface area contributed by atoms with E-state index in [-0.39, 0.29) is 31.0 Å². The van der Waals surface area contributed by atoms with Crippen molar-refractivity contribution in [2.75, 3.05) is 6.54 Å². The average molecular weight is 271 g/mol. The molecular formula is C13H18FNO4. The Kier molecular flexibility index (Phi) is 5.88. The summed E-state index contributed by atoms with van der Waals surface area (Å²) in [5.41, 5.74) is 0.516. The third-order valence-electron chi connectivity index (χ3n) is 2.68. The smallest absolute Gasteiger partial charge is 0.216 e. The topological polar surface area (TPSA) is 89.8 Å². The molecule has 6 heteroatoms. The summed E-state index contributed by atoms with van der Waals surface area (Å²) in [6, 6.07) is 3.68. The predicted molar refractivity (Wildman–Crippen MR) is 66.6 cm³/mol. The van der Waals surface area contributed by atoms with Crippen LogP contribution in [0.2, 0.25) is 0 Å². The van der Waals surface area contributed by atoms with Crippen LogP contribution in [0, 0.1) is 5.82 Å². The minimum atomic E-state index is -1.27. The summed E-state index contributed by atoms with van der Waals surface area (Å²) >= 11 is 0. The number of benzene rings is 1. The van der Waals surface area contributed by atoms with E-state index in [1.54, 1.807) is 0 Å². The second-order valence-electron chi connectivity index (χ2n) is 4.33. The fourth-order valence-corrected chi connectivity index (χ4v) is 1.71. The molecule has 0 aliphatic carbocycles. The zero-order chi connectivity index (χ0) is 14.4. The number of carbonyl (C=O) groups is 1. The van der Waals surface area contributed by atoms with Gasteiger partial charge in [0, 0.05) is 13.5 Å². The lowest BCUT2D eigenvalue weighted by molar-refractivity contribution is -0.119. The van der Waals surface area contributed by atoms with Crippen LogP contribution in [-0.4, -0.2) is 33.9 Å². The van der Waals surface area contributed by atoms with Crippen molar-refractivity contribution in [3.8, 4) is 0 Å². The fraction of sp³-hybridized carbons (Fsp3) is 0.462.